The van der Waals surface area contributed by atoms with Gasteiger partial charge in [-0.25, -0.2) is 4.79 Å². The van der Waals surface area contributed by atoms with E-state index in [9.17, 15) is 35.1 Å². The molecule has 1 saturated heterocycles. The van der Waals surface area contributed by atoms with Crippen LogP contribution >= 0.6 is 0 Å². The first-order valence-electron chi connectivity index (χ1n) is 12.8. The van der Waals surface area contributed by atoms with Crippen molar-refractivity contribution in [3.05, 3.63) is 47.1 Å². The van der Waals surface area contributed by atoms with E-state index >= 15 is 0 Å². The number of carbonyl (C=O) groups excluding carboxylic acids is 1. The molecule has 2 aliphatic heterocycles. The molecule has 1 spiro atoms. The van der Waals surface area contributed by atoms with Crippen molar-refractivity contribution in [2.75, 3.05) is 20.3 Å². The van der Waals surface area contributed by atoms with Crippen LogP contribution in [0.1, 0.15) is 25.7 Å². The standard InChI is InChI=1S/C27H35NO11/c1-3-15-17(11-21(31)32)16(25(35)36-2)6-7-18(15)37-26-23(33)24(34)27(20(13-30)38-26)12-14-8-9-28-22(14)19(39-27)5-4-10-29/h3,6,8-9,12,15,17-18,20,23-24,26,28-30,33-34H,1,4-5,7,10-11,13H2,2H3,(H,31,32)/t15-,17+,18-,20-,23-,24-,26-,27-/m1/s1. The minimum Gasteiger partial charge on any atom is -0.481 e. The summed E-state index contributed by atoms with van der Waals surface area (Å²) in [6.45, 7) is 3.13. The number of carbonyl (C=O) groups is 2. The molecule has 0 unspecified atom stereocenters. The Balaban J connectivity index is 1.61. The van der Waals surface area contributed by atoms with Gasteiger partial charge in [-0.15, -0.1) is 6.58 Å². The summed E-state index contributed by atoms with van der Waals surface area (Å²) in [5.41, 5.74) is -1.46. The van der Waals surface area contributed by atoms with Gasteiger partial charge in [-0.2, -0.15) is 0 Å². The van der Waals surface area contributed by atoms with E-state index in [0.29, 0.717) is 29.2 Å². The lowest BCUT2D eigenvalue weighted by Gasteiger charge is -2.51. The fourth-order valence-electron chi connectivity index (χ4n) is 5.69. The molecular formula is C27H35NO11. The number of aliphatic hydroxyl groups is 4. The number of carboxylic acid groups (broad SMARTS) is 1. The molecule has 12 nitrogen and oxygen atoms in total. The van der Waals surface area contributed by atoms with Crippen LogP contribution in [-0.2, 0) is 28.5 Å². The lowest BCUT2D eigenvalue weighted by atomic mass is 9.74. The molecule has 0 radical (unpaired) electrons. The second-order valence-electron chi connectivity index (χ2n) is 9.85. The highest BCUT2D eigenvalue weighted by Crippen LogP contribution is 2.41. The second-order valence-corrected chi connectivity index (χ2v) is 9.85. The smallest absolute Gasteiger partial charge is 0.333 e. The Bertz CT molecular complexity index is 1220. The van der Waals surface area contributed by atoms with Crippen molar-refractivity contribution in [3.8, 4) is 0 Å². The van der Waals surface area contributed by atoms with Crippen molar-refractivity contribution in [1.29, 1.82) is 0 Å². The van der Waals surface area contributed by atoms with Crippen molar-refractivity contribution in [2.24, 2.45) is 11.8 Å². The van der Waals surface area contributed by atoms with Crippen LogP contribution in [0.2, 0.25) is 0 Å². The maximum Gasteiger partial charge on any atom is 0.333 e. The predicted molar refractivity (Wildman–Crippen MR) is 135 cm³/mol. The van der Waals surface area contributed by atoms with Crippen molar-refractivity contribution in [3.63, 3.8) is 0 Å². The van der Waals surface area contributed by atoms with Gasteiger partial charge in [-0.1, -0.05) is 12.2 Å². The molecule has 0 aromatic carbocycles. The summed E-state index contributed by atoms with van der Waals surface area (Å²) in [4.78, 5) is 27.0. The molecule has 0 amide bonds. The average Bonchev–Trinajstić information content (AvgIpc) is 3.40. The lowest BCUT2D eigenvalue weighted by Crippen LogP contribution is -2.69. The van der Waals surface area contributed by atoms with Gasteiger partial charge in [0, 0.05) is 41.9 Å². The molecule has 1 aromatic rings. The van der Waals surface area contributed by atoms with Crippen LogP contribution in [0, 0.1) is 11.8 Å². The summed E-state index contributed by atoms with van der Waals surface area (Å²) in [6, 6.07) is 1.76. The fourth-order valence-corrected chi connectivity index (χ4v) is 5.69. The van der Waals surface area contributed by atoms with Gasteiger partial charge in [-0.3, -0.25) is 4.79 Å². The zero-order valence-corrected chi connectivity index (χ0v) is 21.6. The van der Waals surface area contributed by atoms with E-state index in [4.69, 9.17) is 18.9 Å². The number of aromatic nitrogens is 1. The zero-order chi connectivity index (χ0) is 28.3. The minimum atomic E-state index is -1.65. The Kier molecular flexibility index (Phi) is 8.94. The molecule has 3 aliphatic rings. The molecule has 12 heteroatoms. The van der Waals surface area contributed by atoms with Crippen molar-refractivity contribution >= 4 is 23.8 Å². The Labute approximate surface area is 224 Å². The SMILES string of the molecule is C=C[C@@H]1[C@H](CC(=O)O)C(C(=O)OC)=CC[C@H]1O[C@@H]1O[C@H](CO)[C@]2(C=c3cc[nH]c3=C(CCCO)O2)[C@H](O)[C@H]1O. The molecule has 0 saturated carbocycles. The van der Waals surface area contributed by atoms with Gasteiger partial charge in [0.15, 0.2) is 11.9 Å². The minimum absolute atomic E-state index is 0.0818. The topological polar surface area (TPSA) is 188 Å². The molecule has 3 heterocycles. The summed E-state index contributed by atoms with van der Waals surface area (Å²) < 4.78 is 23.1. The predicted octanol–water partition coefficient (Wildman–Crippen LogP) is -1.33. The Morgan fingerprint density at radius 1 is 1.31 bits per heavy atom. The average molecular weight is 550 g/mol. The number of carboxylic acids is 1. The van der Waals surface area contributed by atoms with E-state index < -0.39 is 66.7 Å². The van der Waals surface area contributed by atoms with E-state index in [-0.39, 0.29) is 25.0 Å². The number of hydrogen-bond acceptors (Lipinski definition) is 10. The molecule has 1 fully saturated rings. The van der Waals surface area contributed by atoms with Crippen LogP contribution in [0.4, 0.5) is 0 Å². The van der Waals surface area contributed by atoms with E-state index in [1.807, 2.05) is 0 Å². The van der Waals surface area contributed by atoms with E-state index in [1.165, 1.54) is 19.3 Å². The van der Waals surface area contributed by atoms with Crippen LogP contribution in [0.5, 0.6) is 0 Å². The monoisotopic (exact) mass is 549 g/mol. The number of nitrogens with one attached hydrogen (secondary N) is 1. The normalized spacial score (nSPS) is 33.9. The number of aliphatic carboxylic acids is 1. The maximum atomic E-state index is 12.3. The zero-order valence-electron chi connectivity index (χ0n) is 21.6. The van der Waals surface area contributed by atoms with E-state index in [1.54, 1.807) is 18.3 Å². The number of rotatable bonds is 10. The number of methoxy groups -OCH3 is 1. The molecule has 0 bridgehead atoms. The highest BCUT2D eigenvalue weighted by Gasteiger charge is 2.58. The third-order valence-electron chi connectivity index (χ3n) is 7.59. The van der Waals surface area contributed by atoms with Crippen molar-refractivity contribution in [1.82, 2.24) is 4.98 Å². The first-order chi connectivity index (χ1) is 18.7. The van der Waals surface area contributed by atoms with Crippen LogP contribution < -0.4 is 10.6 Å². The summed E-state index contributed by atoms with van der Waals surface area (Å²) in [5.74, 6) is -2.80. The number of aliphatic hydroxyl groups excluding tert-OH is 4. The fraction of sp³-hybridized carbons (Fsp3) is 0.556. The first kappa shape index (κ1) is 29.0. The van der Waals surface area contributed by atoms with Gasteiger partial charge in [0.05, 0.1) is 31.6 Å². The van der Waals surface area contributed by atoms with E-state index in [2.05, 4.69) is 11.6 Å². The third kappa shape index (κ3) is 5.40. The Hall–Kier alpha value is -3.00. The number of H-pyrrole nitrogens is 1. The summed E-state index contributed by atoms with van der Waals surface area (Å²) >= 11 is 0. The third-order valence-corrected chi connectivity index (χ3v) is 7.59. The molecule has 8 atom stereocenters. The van der Waals surface area contributed by atoms with Gasteiger partial charge >= 0.3 is 11.9 Å². The highest BCUT2D eigenvalue weighted by atomic mass is 16.7. The summed E-state index contributed by atoms with van der Waals surface area (Å²) in [7, 11) is 1.21. The van der Waals surface area contributed by atoms with Gasteiger partial charge < -0.3 is 49.5 Å². The number of ether oxygens (including phenoxy) is 4. The first-order valence-corrected chi connectivity index (χ1v) is 12.8. The van der Waals surface area contributed by atoms with Crippen LogP contribution in [0.15, 0.2) is 36.6 Å². The molecule has 1 aromatic heterocycles. The molecule has 4 rings (SSSR count). The Morgan fingerprint density at radius 2 is 2.08 bits per heavy atom. The number of hydrogen-bond donors (Lipinski definition) is 6. The summed E-state index contributed by atoms with van der Waals surface area (Å²) in [6.07, 6.45) is 0.242. The van der Waals surface area contributed by atoms with E-state index in [0.717, 1.165) is 0 Å². The summed E-state index contributed by atoms with van der Waals surface area (Å²) in [5, 5.41) is 53.0. The number of esters is 1. The largest absolute Gasteiger partial charge is 0.481 e. The molecule has 39 heavy (non-hydrogen) atoms. The quantitative estimate of drug-likeness (QED) is 0.150. The van der Waals surface area contributed by atoms with Crippen LogP contribution in [0.25, 0.3) is 11.8 Å². The molecule has 6 N–H and O–H groups in total. The lowest BCUT2D eigenvalue weighted by molar-refractivity contribution is -0.328. The van der Waals surface area contributed by atoms with Gasteiger partial charge in [0.25, 0.3) is 0 Å². The van der Waals surface area contributed by atoms with Crippen LogP contribution in [0.3, 0.4) is 0 Å². The molecule has 1 aliphatic carbocycles. The second kappa shape index (κ2) is 12.0. The molecule has 214 valence electrons. The Morgan fingerprint density at radius 3 is 2.72 bits per heavy atom. The van der Waals surface area contributed by atoms with Crippen molar-refractivity contribution in [2.45, 2.75) is 62.0 Å². The van der Waals surface area contributed by atoms with Gasteiger partial charge in [-0.05, 0) is 25.0 Å². The maximum absolute atomic E-state index is 12.3. The number of fused-ring (bicyclic) bond motifs is 1. The number of aromatic amines is 1. The highest BCUT2D eigenvalue weighted by molar-refractivity contribution is 5.90. The van der Waals surface area contributed by atoms with Gasteiger partial charge in [0.2, 0.25) is 0 Å². The van der Waals surface area contributed by atoms with Crippen molar-refractivity contribution < 1.29 is 54.1 Å². The van der Waals surface area contributed by atoms with Crippen LogP contribution in [-0.4, -0.2) is 99.1 Å². The molecular weight excluding hydrogens is 514 g/mol. The van der Waals surface area contributed by atoms with Gasteiger partial charge in [0.1, 0.15) is 24.1 Å².